The fourth-order valence-corrected chi connectivity index (χ4v) is 1.73. The van der Waals surface area contributed by atoms with Crippen LogP contribution in [0.4, 0.5) is 5.82 Å². The summed E-state index contributed by atoms with van der Waals surface area (Å²) >= 11 is 5.72. The van der Waals surface area contributed by atoms with Crippen LogP contribution in [0.1, 0.15) is 11.1 Å². The van der Waals surface area contributed by atoms with Crippen LogP contribution in [0.5, 0.6) is 5.75 Å². The van der Waals surface area contributed by atoms with Crippen molar-refractivity contribution < 1.29 is 4.74 Å². The number of aromatic nitrogens is 2. The predicted molar refractivity (Wildman–Crippen MR) is 72.1 cm³/mol. The number of nitrogens with zero attached hydrogens (tertiary/aromatic N) is 2. The Bertz CT molecular complexity index is 546. The van der Waals surface area contributed by atoms with Crippen molar-refractivity contribution in [2.75, 3.05) is 12.4 Å². The Morgan fingerprint density at radius 3 is 2.89 bits per heavy atom. The summed E-state index contributed by atoms with van der Waals surface area (Å²) in [6, 6.07) is 7.76. The molecule has 2 rings (SSSR count). The number of anilines is 1. The van der Waals surface area contributed by atoms with Crippen molar-refractivity contribution >= 4 is 17.4 Å². The largest absolute Gasteiger partial charge is 0.497 e. The third-order valence-electron chi connectivity index (χ3n) is 2.64. The Labute approximate surface area is 111 Å². The van der Waals surface area contributed by atoms with Crippen molar-refractivity contribution in [3.63, 3.8) is 0 Å². The minimum atomic E-state index is 0.238. The number of halogens is 1. The van der Waals surface area contributed by atoms with Gasteiger partial charge < -0.3 is 10.1 Å². The molecule has 0 aliphatic rings. The molecule has 0 saturated carbocycles. The molecule has 0 amide bonds. The molecule has 4 nitrogen and oxygen atoms in total. The number of methoxy groups -OCH3 is 1. The highest BCUT2D eigenvalue weighted by Crippen LogP contribution is 2.18. The minimum Gasteiger partial charge on any atom is -0.497 e. The van der Waals surface area contributed by atoms with E-state index in [1.807, 2.05) is 18.2 Å². The van der Waals surface area contributed by atoms with Crippen molar-refractivity contribution in [3.8, 4) is 5.75 Å². The van der Waals surface area contributed by atoms with E-state index in [9.17, 15) is 0 Å². The number of nitrogens with one attached hydrogen (secondary N) is 1. The highest BCUT2D eigenvalue weighted by atomic mass is 35.5. The Balaban J connectivity index is 2.10. The van der Waals surface area contributed by atoms with E-state index in [2.05, 4.69) is 22.2 Å². The van der Waals surface area contributed by atoms with E-state index in [0.29, 0.717) is 12.4 Å². The second-order valence-electron chi connectivity index (χ2n) is 3.86. The van der Waals surface area contributed by atoms with Crippen LogP contribution in [-0.4, -0.2) is 17.1 Å². The summed E-state index contributed by atoms with van der Waals surface area (Å²) in [6.07, 6.45) is 1.62. The molecule has 1 aromatic carbocycles. The lowest BCUT2D eigenvalue weighted by Crippen LogP contribution is -2.03. The molecule has 0 saturated heterocycles. The van der Waals surface area contributed by atoms with Gasteiger partial charge in [0.05, 0.1) is 7.11 Å². The van der Waals surface area contributed by atoms with Crippen LogP contribution in [0.3, 0.4) is 0 Å². The molecule has 18 heavy (non-hydrogen) atoms. The number of benzene rings is 1. The van der Waals surface area contributed by atoms with E-state index in [0.717, 1.165) is 11.3 Å². The standard InChI is InChI=1S/C13H14ClN3O/c1-9-3-4-11(18-2)7-10(9)8-16-12-5-6-15-13(14)17-12/h3-7H,8H2,1-2H3,(H,15,16,17). The Morgan fingerprint density at radius 1 is 1.33 bits per heavy atom. The van der Waals surface area contributed by atoms with Crippen LogP contribution >= 0.6 is 11.6 Å². The maximum absolute atomic E-state index is 5.72. The smallest absolute Gasteiger partial charge is 0.224 e. The van der Waals surface area contributed by atoms with Gasteiger partial charge in [0, 0.05) is 12.7 Å². The molecule has 1 aromatic heterocycles. The fourth-order valence-electron chi connectivity index (χ4n) is 1.58. The molecule has 0 unspecified atom stereocenters. The van der Waals surface area contributed by atoms with Crippen LogP contribution in [-0.2, 0) is 6.54 Å². The zero-order chi connectivity index (χ0) is 13.0. The third-order valence-corrected chi connectivity index (χ3v) is 2.82. The number of hydrogen-bond acceptors (Lipinski definition) is 4. The normalized spacial score (nSPS) is 10.2. The molecule has 0 spiro atoms. The second-order valence-corrected chi connectivity index (χ2v) is 4.19. The van der Waals surface area contributed by atoms with Gasteiger partial charge in [0.1, 0.15) is 11.6 Å². The van der Waals surface area contributed by atoms with E-state index < -0.39 is 0 Å². The molecule has 5 heteroatoms. The van der Waals surface area contributed by atoms with E-state index >= 15 is 0 Å². The first-order chi connectivity index (χ1) is 8.69. The maximum Gasteiger partial charge on any atom is 0.224 e. The number of hydrogen-bond donors (Lipinski definition) is 1. The molecule has 1 N–H and O–H groups in total. The van der Waals surface area contributed by atoms with E-state index in [4.69, 9.17) is 16.3 Å². The highest BCUT2D eigenvalue weighted by Gasteiger charge is 2.02. The van der Waals surface area contributed by atoms with Crippen LogP contribution in [0.2, 0.25) is 5.28 Å². The monoisotopic (exact) mass is 263 g/mol. The quantitative estimate of drug-likeness (QED) is 0.862. The van der Waals surface area contributed by atoms with Gasteiger partial charge in [0.2, 0.25) is 5.28 Å². The van der Waals surface area contributed by atoms with E-state index in [1.165, 1.54) is 5.56 Å². The summed E-state index contributed by atoms with van der Waals surface area (Å²) in [5, 5.41) is 3.44. The molecule has 0 radical (unpaired) electrons. The predicted octanol–water partition coefficient (Wildman–Crippen LogP) is 3.06. The molecular formula is C13H14ClN3O. The third kappa shape index (κ3) is 3.11. The van der Waals surface area contributed by atoms with Gasteiger partial charge in [-0.05, 0) is 47.9 Å². The van der Waals surface area contributed by atoms with Gasteiger partial charge in [-0.15, -0.1) is 0 Å². The van der Waals surface area contributed by atoms with Crippen LogP contribution < -0.4 is 10.1 Å². The summed E-state index contributed by atoms with van der Waals surface area (Å²) in [6.45, 7) is 2.72. The van der Waals surface area contributed by atoms with E-state index in [-0.39, 0.29) is 5.28 Å². The summed E-state index contributed by atoms with van der Waals surface area (Å²) < 4.78 is 5.21. The number of ether oxygens (including phenoxy) is 1. The second kappa shape index (κ2) is 5.69. The first-order valence-corrected chi connectivity index (χ1v) is 5.93. The van der Waals surface area contributed by atoms with Gasteiger partial charge in [-0.2, -0.15) is 0 Å². The van der Waals surface area contributed by atoms with Gasteiger partial charge >= 0.3 is 0 Å². The lowest BCUT2D eigenvalue weighted by atomic mass is 10.1. The molecule has 0 bridgehead atoms. The zero-order valence-corrected chi connectivity index (χ0v) is 11.0. The molecule has 94 valence electrons. The zero-order valence-electron chi connectivity index (χ0n) is 10.3. The first-order valence-electron chi connectivity index (χ1n) is 5.55. The van der Waals surface area contributed by atoms with Crippen LogP contribution in [0.15, 0.2) is 30.5 Å². The van der Waals surface area contributed by atoms with Crippen LogP contribution in [0.25, 0.3) is 0 Å². The summed E-state index contributed by atoms with van der Waals surface area (Å²) in [4.78, 5) is 7.91. The highest BCUT2D eigenvalue weighted by molar-refractivity contribution is 6.28. The molecule has 1 heterocycles. The maximum atomic E-state index is 5.72. The summed E-state index contributed by atoms with van der Waals surface area (Å²) in [5.41, 5.74) is 2.35. The SMILES string of the molecule is COc1ccc(C)c(CNc2ccnc(Cl)n2)c1. The first kappa shape index (κ1) is 12.6. The van der Waals surface area contributed by atoms with Crippen molar-refractivity contribution in [1.82, 2.24) is 9.97 Å². The molecule has 0 atom stereocenters. The van der Waals surface area contributed by atoms with Gasteiger partial charge in [0.25, 0.3) is 0 Å². The van der Waals surface area contributed by atoms with Crippen molar-refractivity contribution in [2.45, 2.75) is 13.5 Å². The average molecular weight is 264 g/mol. The number of rotatable bonds is 4. The van der Waals surface area contributed by atoms with Crippen molar-refractivity contribution in [1.29, 1.82) is 0 Å². The number of aryl methyl sites for hydroxylation is 1. The lowest BCUT2D eigenvalue weighted by molar-refractivity contribution is 0.414. The lowest BCUT2D eigenvalue weighted by Gasteiger charge is -2.10. The fraction of sp³-hybridized carbons (Fsp3) is 0.231. The molecule has 0 aliphatic carbocycles. The summed E-state index contributed by atoms with van der Waals surface area (Å²) in [7, 11) is 1.66. The van der Waals surface area contributed by atoms with Crippen molar-refractivity contribution in [3.05, 3.63) is 46.9 Å². The van der Waals surface area contributed by atoms with Gasteiger partial charge in [-0.1, -0.05) is 6.07 Å². The molecular weight excluding hydrogens is 250 g/mol. The van der Waals surface area contributed by atoms with Gasteiger partial charge in [-0.3, -0.25) is 0 Å². The Hall–Kier alpha value is -1.81. The Kier molecular flexibility index (Phi) is 3.99. The molecule has 0 aliphatic heterocycles. The van der Waals surface area contributed by atoms with E-state index in [1.54, 1.807) is 19.4 Å². The topological polar surface area (TPSA) is 47.0 Å². The minimum absolute atomic E-state index is 0.238. The molecule has 2 aromatic rings. The van der Waals surface area contributed by atoms with Crippen molar-refractivity contribution in [2.24, 2.45) is 0 Å². The van der Waals surface area contributed by atoms with Gasteiger partial charge in [-0.25, -0.2) is 9.97 Å². The summed E-state index contributed by atoms with van der Waals surface area (Å²) in [5.74, 6) is 1.55. The van der Waals surface area contributed by atoms with Crippen LogP contribution in [0, 0.1) is 6.92 Å². The Morgan fingerprint density at radius 2 is 2.17 bits per heavy atom. The van der Waals surface area contributed by atoms with Gasteiger partial charge in [0.15, 0.2) is 0 Å². The average Bonchev–Trinajstić information content (AvgIpc) is 2.38. The molecule has 0 fully saturated rings.